The van der Waals surface area contributed by atoms with E-state index in [1.165, 1.54) is 52.6 Å². The summed E-state index contributed by atoms with van der Waals surface area (Å²) in [6.45, 7) is 11.7. The van der Waals surface area contributed by atoms with E-state index in [1.54, 1.807) is 38.5 Å². The van der Waals surface area contributed by atoms with Gasteiger partial charge in [-0.25, -0.2) is 4.79 Å². The quantitative estimate of drug-likeness (QED) is 0.0194. The summed E-state index contributed by atoms with van der Waals surface area (Å²) >= 11 is 0. The van der Waals surface area contributed by atoms with E-state index in [4.69, 9.17) is 44.4 Å². The van der Waals surface area contributed by atoms with Gasteiger partial charge in [0.15, 0.2) is 0 Å². The highest BCUT2D eigenvalue weighted by molar-refractivity contribution is 5.89. The van der Waals surface area contributed by atoms with Crippen molar-refractivity contribution in [2.75, 3.05) is 40.6 Å². The second-order valence-corrected chi connectivity index (χ2v) is 16.2. The lowest BCUT2D eigenvalue weighted by atomic mass is 10.00. The molecule has 0 spiro atoms. The predicted octanol–water partition coefficient (Wildman–Crippen LogP) is 12.7. The van der Waals surface area contributed by atoms with Crippen molar-refractivity contribution in [2.45, 2.75) is 64.3 Å². The van der Waals surface area contributed by atoms with E-state index in [0.29, 0.717) is 36.2 Å². The van der Waals surface area contributed by atoms with E-state index < -0.39 is 0 Å². The van der Waals surface area contributed by atoms with Crippen LogP contribution in [0.15, 0.2) is 165 Å². The molecule has 0 radical (unpaired) electrons. The summed E-state index contributed by atoms with van der Waals surface area (Å²) in [4.78, 5) is 40.6. The predicted molar refractivity (Wildman–Crippen MR) is 291 cm³/mol. The van der Waals surface area contributed by atoms with Gasteiger partial charge in [-0.3, -0.25) is 14.4 Å². The molecule has 6 aromatic carbocycles. The number of fused-ring (bicyclic) bond motifs is 3. The monoisotopic (exact) mass is 991 g/mol. The third-order valence-electron chi connectivity index (χ3n) is 11.0. The van der Waals surface area contributed by atoms with Crippen LogP contribution in [0.2, 0.25) is 0 Å². The van der Waals surface area contributed by atoms with Crippen molar-refractivity contribution in [2.24, 2.45) is 5.73 Å². The number of rotatable bonds is 24. The maximum absolute atomic E-state index is 10.8. The van der Waals surface area contributed by atoms with Gasteiger partial charge < -0.3 is 39.6 Å². The summed E-state index contributed by atoms with van der Waals surface area (Å²) in [7, 11) is 3.34. The Labute approximate surface area is 431 Å². The molecule has 384 valence electrons. The number of hydrogen-bond donors (Lipinski definition) is 2. The number of allylic oxidation sites excluding steroid dienone is 1. The molecular weight excluding hydrogens is 921 g/mol. The number of ether oxygens (including phenoxy) is 6. The zero-order chi connectivity index (χ0) is 52.9. The number of benzene rings is 6. The lowest BCUT2D eigenvalue weighted by Crippen LogP contribution is -2.07. The van der Waals surface area contributed by atoms with E-state index in [1.807, 2.05) is 78.9 Å². The SMILES string of the molecule is C=CC(=O)OCCCCCCOc1ccc(C)cc1.C=CC=O.COCCCCCCOc1ccc(C=O)cc1.COc1ccc(-c2ccc(OC=O)cc2C=N)cc1.NC1c2ccccc2-c2ccccc21. The first kappa shape index (κ1) is 59.4. The molecule has 0 aliphatic heterocycles. The van der Waals surface area contributed by atoms with Gasteiger partial charge >= 0.3 is 5.97 Å². The second-order valence-electron chi connectivity index (χ2n) is 16.2. The van der Waals surface area contributed by atoms with Gasteiger partial charge in [-0.2, -0.15) is 0 Å². The molecule has 0 saturated heterocycles. The molecule has 0 amide bonds. The second kappa shape index (κ2) is 36.1. The topological polar surface area (TPSA) is 174 Å². The van der Waals surface area contributed by atoms with Crippen molar-refractivity contribution in [3.8, 4) is 45.3 Å². The summed E-state index contributed by atoms with van der Waals surface area (Å²) in [6, 6.07) is 44.8. The third-order valence-corrected chi connectivity index (χ3v) is 11.0. The first-order chi connectivity index (χ1) is 35.7. The molecule has 3 N–H and O–H groups in total. The molecule has 0 aromatic heterocycles. The van der Waals surface area contributed by atoms with Crippen LogP contribution in [0.5, 0.6) is 23.0 Å². The van der Waals surface area contributed by atoms with Crippen LogP contribution in [0.1, 0.15) is 90.0 Å². The van der Waals surface area contributed by atoms with Gasteiger partial charge in [0.1, 0.15) is 35.6 Å². The smallest absolute Gasteiger partial charge is 0.330 e. The van der Waals surface area contributed by atoms with Gasteiger partial charge in [0.25, 0.3) is 6.47 Å². The standard InChI is InChI=1S/C16H22O3.C15H13NO3.C14H20O3.C13H11N.C3H4O/c1-3-16(17)19-13-7-5-4-6-12-18-15-10-8-14(2)9-11-15;1-18-13-4-2-11(3-5-13)15-7-6-14(19-10-17)8-12(15)9-16;1-16-10-4-2-3-5-11-17-14-8-6-13(12-15)7-9-14;14-13-11-7-3-1-5-9(11)10-6-2-4-8-12(10)13;1-2-3-4/h3,8-11H,1,4-7,12-13H2,2H3;2-10,16H,1H3;6-9,12H,2-5,10-11H2,1H3;1-8,13H,14H2;2-3H,1H2. The van der Waals surface area contributed by atoms with Gasteiger partial charge in [-0.05, 0) is 152 Å². The molecule has 73 heavy (non-hydrogen) atoms. The van der Waals surface area contributed by atoms with Crippen LogP contribution in [0.4, 0.5) is 0 Å². The number of nitrogens with one attached hydrogen (secondary N) is 1. The third kappa shape index (κ3) is 22.4. The summed E-state index contributed by atoms with van der Waals surface area (Å²) in [5, 5.41) is 7.45. The Morgan fingerprint density at radius 3 is 1.58 bits per heavy atom. The maximum atomic E-state index is 10.8. The van der Waals surface area contributed by atoms with Crippen molar-refractivity contribution in [1.29, 1.82) is 5.41 Å². The molecule has 1 aliphatic carbocycles. The largest absolute Gasteiger partial charge is 0.497 e. The Kier molecular flexibility index (Phi) is 29.3. The van der Waals surface area contributed by atoms with Crippen LogP contribution in [0.3, 0.4) is 0 Å². The molecule has 0 fully saturated rings. The number of methoxy groups -OCH3 is 2. The minimum absolute atomic E-state index is 0.0578. The number of esters is 1. The molecule has 6 aromatic rings. The molecule has 0 bridgehead atoms. The first-order valence-corrected chi connectivity index (χ1v) is 24.2. The molecule has 0 unspecified atom stereocenters. The van der Waals surface area contributed by atoms with E-state index in [9.17, 15) is 14.4 Å². The fraction of sp³-hybridized carbons (Fsp3) is 0.262. The number of hydrogen-bond acceptors (Lipinski definition) is 12. The molecule has 7 rings (SSSR count). The lowest BCUT2D eigenvalue weighted by Gasteiger charge is -2.08. The molecular formula is C61H70N2O10. The normalized spacial score (nSPS) is 10.4. The Hall–Kier alpha value is -7.93. The van der Waals surface area contributed by atoms with Crippen LogP contribution in [0.25, 0.3) is 22.3 Å². The van der Waals surface area contributed by atoms with Gasteiger partial charge in [0.2, 0.25) is 0 Å². The van der Waals surface area contributed by atoms with E-state index in [-0.39, 0.29) is 12.0 Å². The summed E-state index contributed by atoms with van der Waals surface area (Å²) < 4.78 is 30.9. The van der Waals surface area contributed by atoms with Crippen LogP contribution in [-0.4, -0.2) is 71.9 Å². The first-order valence-electron chi connectivity index (χ1n) is 24.2. The molecule has 0 atom stereocenters. The number of carbonyl (C=O) groups excluding carboxylic acids is 4. The molecule has 1 aliphatic rings. The van der Waals surface area contributed by atoms with Gasteiger partial charge in [0.05, 0.1) is 33.0 Å². The Morgan fingerprint density at radius 2 is 1.10 bits per heavy atom. The minimum Gasteiger partial charge on any atom is -0.497 e. The fourth-order valence-corrected chi connectivity index (χ4v) is 7.17. The van der Waals surface area contributed by atoms with E-state index >= 15 is 0 Å². The van der Waals surface area contributed by atoms with Crippen LogP contribution >= 0.6 is 0 Å². The fourth-order valence-electron chi connectivity index (χ4n) is 7.17. The average molecular weight is 991 g/mol. The highest BCUT2D eigenvalue weighted by Crippen LogP contribution is 2.41. The lowest BCUT2D eigenvalue weighted by molar-refractivity contribution is -0.137. The van der Waals surface area contributed by atoms with Crippen molar-refractivity contribution < 1.29 is 47.6 Å². The summed E-state index contributed by atoms with van der Waals surface area (Å²) in [5.41, 5.74) is 15.7. The number of carbonyl (C=O) groups is 4. The van der Waals surface area contributed by atoms with Gasteiger partial charge in [-0.1, -0.05) is 104 Å². The maximum Gasteiger partial charge on any atom is 0.330 e. The number of nitrogens with two attached hydrogens (primary N) is 1. The van der Waals surface area contributed by atoms with Crippen molar-refractivity contribution in [1.82, 2.24) is 0 Å². The number of aryl methyl sites for hydroxylation is 1. The van der Waals surface area contributed by atoms with Crippen molar-refractivity contribution in [3.63, 3.8) is 0 Å². The highest BCUT2D eigenvalue weighted by atomic mass is 16.5. The van der Waals surface area contributed by atoms with E-state index in [2.05, 4.69) is 56.5 Å². The number of unbranched alkanes of at least 4 members (excludes halogenated alkanes) is 6. The zero-order valence-corrected chi connectivity index (χ0v) is 42.4. The minimum atomic E-state index is -0.345. The van der Waals surface area contributed by atoms with E-state index in [0.717, 1.165) is 99.4 Å². The van der Waals surface area contributed by atoms with Crippen LogP contribution in [0, 0.1) is 12.3 Å². The summed E-state index contributed by atoms with van der Waals surface area (Å²) in [5.74, 6) is 2.60. The molecule has 0 saturated carbocycles. The average Bonchev–Trinajstić information content (AvgIpc) is 3.73. The highest BCUT2D eigenvalue weighted by Gasteiger charge is 2.24. The Balaban J connectivity index is 0.000000251. The Morgan fingerprint density at radius 1 is 0.603 bits per heavy atom. The molecule has 12 nitrogen and oxygen atoms in total. The summed E-state index contributed by atoms with van der Waals surface area (Å²) in [6.07, 6.45) is 13.6. The van der Waals surface area contributed by atoms with Gasteiger partial charge in [-0.15, -0.1) is 0 Å². The molecule has 12 heteroatoms. The van der Waals surface area contributed by atoms with Crippen molar-refractivity contribution >= 4 is 31.2 Å². The van der Waals surface area contributed by atoms with Crippen molar-refractivity contribution in [3.05, 3.63) is 193 Å². The number of aldehydes is 2. The van der Waals surface area contributed by atoms with Gasteiger partial charge in [0, 0.05) is 37.1 Å². The zero-order valence-electron chi connectivity index (χ0n) is 42.4. The molecule has 0 heterocycles. The Bertz CT molecular complexity index is 2510. The van der Waals surface area contributed by atoms with Crippen LogP contribution in [-0.2, 0) is 23.9 Å². The van der Waals surface area contributed by atoms with Crippen LogP contribution < -0.4 is 24.7 Å².